The maximum absolute atomic E-state index is 14.1. The van der Waals surface area contributed by atoms with Crippen molar-refractivity contribution < 1.29 is 14.3 Å². The highest BCUT2D eigenvalue weighted by molar-refractivity contribution is 6.03. The van der Waals surface area contributed by atoms with Gasteiger partial charge in [-0.3, -0.25) is 9.59 Å². The van der Waals surface area contributed by atoms with Crippen LogP contribution in [0.15, 0.2) is 84.4 Å². The van der Waals surface area contributed by atoms with E-state index in [0.29, 0.717) is 32.7 Å². The standard InChI is InChI=1S/C37H45N3O3/c1-26(41)40-24-30-23-31(35(33(25-40)38-30)36(42)39(5)20-18-27-12-7-6-8-13-27)29-15-11-14-28(22-29)19-21-43-34-17-10-9-16-32(34)37(2,3)4/h6-17,22,30,33,38H,18-21,23-25H2,1-5H3/t30-,33-/m1/s1. The molecular weight excluding hydrogens is 534 g/mol. The Balaban J connectivity index is 1.38. The van der Waals surface area contributed by atoms with Gasteiger partial charge < -0.3 is 19.9 Å². The second-order valence-electron chi connectivity index (χ2n) is 12.9. The lowest BCUT2D eigenvalue weighted by atomic mass is 9.82. The van der Waals surface area contributed by atoms with Crippen LogP contribution in [0.2, 0.25) is 0 Å². The Morgan fingerprint density at radius 1 is 0.930 bits per heavy atom. The summed E-state index contributed by atoms with van der Waals surface area (Å²) in [4.78, 5) is 30.2. The van der Waals surface area contributed by atoms with Crippen LogP contribution in [0.5, 0.6) is 5.75 Å². The third-order valence-electron chi connectivity index (χ3n) is 8.62. The molecule has 2 atom stereocenters. The third-order valence-corrected chi connectivity index (χ3v) is 8.62. The maximum atomic E-state index is 14.1. The van der Waals surface area contributed by atoms with Crippen LogP contribution in [-0.4, -0.2) is 67.0 Å². The molecule has 3 aromatic carbocycles. The first kappa shape index (κ1) is 30.6. The highest BCUT2D eigenvalue weighted by Gasteiger charge is 2.39. The van der Waals surface area contributed by atoms with Gasteiger partial charge in [-0.25, -0.2) is 0 Å². The molecule has 2 amide bonds. The molecule has 2 bridgehead atoms. The molecule has 0 spiro atoms. The van der Waals surface area contributed by atoms with E-state index in [-0.39, 0.29) is 29.3 Å². The fraction of sp³-hybridized carbons (Fsp3) is 0.405. The van der Waals surface area contributed by atoms with Crippen molar-refractivity contribution in [2.24, 2.45) is 0 Å². The van der Waals surface area contributed by atoms with E-state index in [4.69, 9.17) is 4.74 Å². The van der Waals surface area contributed by atoms with Gasteiger partial charge in [0.25, 0.3) is 5.91 Å². The van der Waals surface area contributed by atoms with E-state index in [2.05, 4.69) is 74.6 Å². The molecule has 0 unspecified atom stereocenters. The summed E-state index contributed by atoms with van der Waals surface area (Å²) in [6.07, 6.45) is 2.26. The zero-order valence-electron chi connectivity index (χ0n) is 26.2. The largest absolute Gasteiger partial charge is 0.493 e. The lowest BCUT2D eigenvalue weighted by molar-refractivity contribution is -0.132. The van der Waals surface area contributed by atoms with E-state index in [1.54, 1.807) is 6.92 Å². The van der Waals surface area contributed by atoms with Crippen LogP contribution < -0.4 is 10.1 Å². The second kappa shape index (κ2) is 13.2. The Morgan fingerprint density at radius 2 is 1.65 bits per heavy atom. The summed E-state index contributed by atoms with van der Waals surface area (Å²) >= 11 is 0. The minimum Gasteiger partial charge on any atom is -0.493 e. The molecule has 1 saturated heterocycles. The Labute approximate surface area is 256 Å². The molecule has 6 nitrogen and oxygen atoms in total. The summed E-state index contributed by atoms with van der Waals surface area (Å²) < 4.78 is 6.28. The molecule has 0 saturated carbocycles. The summed E-state index contributed by atoms with van der Waals surface area (Å²) in [6.45, 7) is 10.6. The fourth-order valence-corrected chi connectivity index (χ4v) is 6.28. The predicted molar refractivity (Wildman–Crippen MR) is 173 cm³/mol. The molecule has 6 heteroatoms. The van der Waals surface area contributed by atoms with Crippen molar-refractivity contribution in [3.63, 3.8) is 0 Å². The first-order chi connectivity index (χ1) is 20.6. The number of para-hydroxylation sites is 1. The predicted octanol–water partition coefficient (Wildman–Crippen LogP) is 5.65. The Bertz CT molecular complexity index is 1470. The number of amides is 2. The van der Waals surface area contributed by atoms with Crippen molar-refractivity contribution in [2.75, 3.05) is 33.3 Å². The molecule has 2 aliphatic heterocycles. The second-order valence-corrected chi connectivity index (χ2v) is 12.9. The van der Waals surface area contributed by atoms with Gasteiger partial charge in [0.15, 0.2) is 0 Å². The fourth-order valence-electron chi connectivity index (χ4n) is 6.28. The van der Waals surface area contributed by atoms with Crippen LogP contribution in [-0.2, 0) is 27.8 Å². The lowest BCUT2D eigenvalue weighted by Gasteiger charge is -2.44. The molecular formula is C37H45N3O3. The van der Waals surface area contributed by atoms with Crippen molar-refractivity contribution in [1.82, 2.24) is 15.1 Å². The zero-order valence-corrected chi connectivity index (χ0v) is 26.2. The Hall–Kier alpha value is -3.90. The number of piperazine rings is 1. The number of ether oxygens (including phenoxy) is 1. The summed E-state index contributed by atoms with van der Waals surface area (Å²) in [5.41, 5.74) is 6.55. The summed E-state index contributed by atoms with van der Waals surface area (Å²) in [5, 5.41) is 3.66. The highest BCUT2D eigenvalue weighted by Crippen LogP contribution is 2.35. The molecule has 0 aliphatic carbocycles. The van der Waals surface area contributed by atoms with Gasteiger partial charge >= 0.3 is 0 Å². The van der Waals surface area contributed by atoms with Crippen LogP contribution in [0.25, 0.3) is 5.57 Å². The van der Waals surface area contributed by atoms with E-state index < -0.39 is 0 Å². The van der Waals surface area contributed by atoms with Crippen molar-refractivity contribution in [3.8, 4) is 5.75 Å². The molecule has 43 heavy (non-hydrogen) atoms. The van der Waals surface area contributed by atoms with Gasteiger partial charge in [0.2, 0.25) is 5.91 Å². The SMILES string of the molecule is CC(=O)N1C[C@H]2CC(c3cccc(CCOc4ccccc4C(C)(C)C)c3)=C(C(=O)N(C)CCc3ccccc3)[C@@H](C1)N2. The number of fused-ring (bicyclic) bond motifs is 2. The smallest absolute Gasteiger partial charge is 0.251 e. The number of benzene rings is 3. The van der Waals surface area contributed by atoms with Crippen molar-refractivity contribution >= 4 is 17.4 Å². The van der Waals surface area contributed by atoms with Gasteiger partial charge in [-0.1, -0.05) is 93.6 Å². The van der Waals surface area contributed by atoms with E-state index in [9.17, 15) is 9.59 Å². The van der Waals surface area contributed by atoms with Gasteiger partial charge in [-0.15, -0.1) is 0 Å². The van der Waals surface area contributed by atoms with E-state index in [0.717, 1.165) is 35.3 Å². The van der Waals surface area contributed by atoms with Crippen LogP contribution in [0.3, 0.4) is 0 Å². The first-order valence-electron chi connectivity index (χ1n) is 15.5. The number of rotatable bonds is 9. The van der Waals surface area contributed by atoms with E-state index in [1.165, 1.54) is 16.7 Å². The minimum absolute atomic E-state index is 0.00519. The first-order valence-corrected chi connectivity index (χ1v) is 15.5. The number of nitrogens with one attached hydrogen (secondary N) is 1. The van der Waals surface area contributed by atoms with Gasteiger partial charge in [0.1, 0.15) is 5.75 Å². The van der Waals surface area contributed by atoms with Gasteiger partial charge in [0.05, 0.1) is 12.6 Å². The zero-order chi connectivity index (χ0) is 30.6. The average molecular weight is 580 g/mol. The molecule has 3 aromatic rings. The molecule has 2 aliphatic rings. The topological polar surface area (TPSA) is 61.9 Å². The lowest BCUT2D eigenvalue weighted by Crippen LogP contribution is -2.61. The number of carbonyl (C=O) groups is 2. The van der Waals surface area contributed by atoms with Crippen molar-refractivity contribution in [2.45, 2.75) is 64.5 Å². The molecule has 5 rings (SSSR count). The van der Waals surface area contributed by atoms with Crippen LogP contribution in [0.4, 0.5) is 0 Å². The number of nitrogens with zero attached hydrogens (tertiary/aromatic N) is 2. The van der Waals surface area contributed by atoms with Crippen molar-refractivity contribution in [1.29, 1.82) is 0 Å². The molecule has 0 radical (unpaired) electrons. The molecule has 1 N–H and O–H groups in total. The summed E-state index contributed by atoms with van der Waals surface area (Å²) in [5.74, 6) is 1.01. The molecule has 226 valence electrons. The quantitative estimate of drug-likeness (QED) is 0.356. The number of likely N-dealkylation sites (N-methyl/N-ethyl adjacent to an activating group) is 1. The number of carbonyl (C=O) groups excluding carboxylic acids is 2. The van der Waals surface area contributed by atoms with Crippen LogP contribution in [0, 0.1) is 0 Å². The number of hydrogen-bond donors (Lipinski definition) is 1. The highest BCUT2D eigenvalue weighted by atomic mass is 16.5. The van der Waals surface area contributed by atoms with E-state index in [1.807, 2.05) is 47.2 Å². The summed E-state index contributed by atoms with van der Waals surface area (Å²) in [7, 11) is 1.89. The molecule has 1 fully saturated rings. The normalized spacial score (nSPS) is 18.4. The van der Waals surface area contributed by atoms with E-state index >= 15 is 0 Å². The van der Waals surface area contributed by atoms with Crippen molar-refractivity contribution in [3.05, 3.63) is 107 Å². The van der Waals surface area contributed by atoms with Crippen LogP contribution in [0.1, 0.15) is 56.4 Å². The Morgan fingerprint density at radius 3 is 2.40 bits per heavy atom. The van der Waals surface area contributed by atoms with Gasteiger partial charge in [-0.2, -0.15) is 0 Å². The molecule has 2 heterocycles. The van der Waals surface area contributed by atoms with Gasteiger partial charge in [0, 0.05) is 51.6 Å². The number of hydrogen-bond acceptors (Lipinski definition) is 4. The molecule has 0 aromatic heterocycles. The summed E-state index contributed by atoms with van der Waals surface area (Å²) in [6, 6.07) is 27.0. The third kappa shape index (κ3) is 7.37. The van der Waals surface area contributed by atoms with Gasteiger partial charge in [-0.05, 0) is 52.1 Å². The van der Waals surface area contributed by atoms with Crippen LogP contribution >= 0.6 is 0 Å². The monoisotopic (exact) mass is 579 g/mol. The average Bonchev–Trinajstić information content (AvgIpc) is 2.99. The maximum Gasteiger partial charge on any atom is 0.251 e. The minimum atomic E-state index is -0.195. The Kier molecular flexibility index (Phi) is 9.36.